The first kappa shape index (κ1) is 21.9. The van der Waals surface area contributed by atoms with E-state index in [0.29, 0.717) is 12.5 Å². The van der Waals surface area contributed by atoms with Crippen molar-refractivity contribution in [2.45, 2.75) is 26.7 Å². The van der Waals surface area contributed by atoms with Gasteiger partial charge in [0.15, 0.2) is 0 Å². The van der Waals surface area contributed by atoms with Crippen molar-refractivity contribution < 1.29 is 4.79 Å². The molecule has 1 atom stereocenters. The zero-order valence-corrected chi connectivity index (χ0v) is 19.7. The van der Waals surface area contributed by atoms with E-state index in [-0.39, 0.29) is 6.03 Å². The third kappa shape index (κ3) is 4.21. The van der Waals surface area contributed by atoms with E-state index in [2.05, 4.69) is 81.7 Å². The monoisotopic (exact) mass is 454 g/mol. The number of anilines is 1. The first-order valence-electron chi connectivity index (χ1n) is 11.8. The van der Waals surface area contributed by atoms with Gasteiger partial charge in [-0.25, -0.2) is 4.79 Å². The molecule has 2 aliphatic heterocycles. The number of pyridine rings is 1. The fourth-order valence-electron chi connectivity index (χ4n) is 4.84. The van der Waals surface area contributed by atoms with Crippen LogP contribution in [0.1, 0.15) is 25.3 Å². The SMILES string of the molecule is C=C1NN=C(CC2CCN(C(=O)NCC)C2)N1c1ccc(-c2ccc3cccnc3c2)cc1C. The van der Waals surface area contributed by atoms with Gasteiger partial charge in [0.1, 0.15) is 11.7 Å². The van der Waals surface area contributed by atoms with Crippen molar-refractivity contribution >= 4 is 28.5 Å². The van der Waals surface area contributed by atoms with Gasteiger partial charge in [-0.2, -0.15) is 5.10 Å². The van der Waals surface area contributed by atoms with Gasteiger partial charge in [0, 0.05) is 37.6 Å². The summed E-state index contributed by atoms with van der Waals surface area (Å²) in [6, 6.07) is 16.9. The first-order valence-corrected chi connectivity index (χ1v) is 11.8. The van der Waals surface area contributed by atoms with Gasteiger partial charge >= 0.3 is 6.03 Å². The Morgan fingerprint density at radius 2 is 2.03 bits per heavy atom. The Morgan fingerprint density at radius 1 is 1.21 bits per heavy atom. The molecule has 3 aromatic rings. The number of amidine groups is 1. The van der Waals surface area contributed by atoms with Crippen molar-refractivity contribution in [3.63, 3.8) is 0 Å². The summed E-state index contributed by atoms with van der Waals surface area (Å²) in [5.41, 5.74) is 8.55. The number of nitrogens with one attached hydrogen (secondary N) is 2. The van der Waals surface area contributed by atoms with Crippen LogP contribution in [0, 0.1) is 12.8 Å². The molecule has 1 unspecified atom stereocenters. The van der Waals surface area contributed by atoms with Crippen molar-refractivity contribution in [3.8, 4) is 11.1 Å². The van der Waals surface area contributed by atoms with Crippen LogP contribution in [-0.4, -0.2) is 41.4 Å². The number of rotatable bonds is 5. The Kier molecular flexibility index (Phi) is 5.92. The fraction of sp³-hybridized carbons (Fsp3) is 0.296. The van der Waals surface area contributed by atoms with Crippen LogP contribution < -0.4 is 15.6 Å². The number of hydrogen-bond donors (Lipinski definition) is 2. The minimum Gasteiger partial charge on any atom is -0.338 e. The maximum Gasteiger partial charge on any atom is 0.317 e. The standard InChI is InChI=1S/C27H30N6O/c1-4-28-27(34)32-13-11-20(17-32)15-26-31-30-19(3)33(26)25-10-9-22(14-18(25)2)23-8-7-21-6-5-12-29-24(21)16-23/h5-10,12,14,16,20,30H,3-4,11,13,15,17H2,1-2H3,(H,28,34). The summed E-state index contributed by atoms with van der Waals surface area (Å²) in [5, 5.41) is 8.60. The lowest BCUT2D eigenvalue weighted by molar-refractivity contribution is 0.208. The second-order valence-corrected chi connectivity index (χ2v) is 8.97. The van der Waals surface area contributed by atoms with E-state index in [1.807, 2.05) is 24.1 Å². The number of hydrogen-bond acceptors (Lipinski definition) is 5. The van der Waals surface area contributed by atoms with Gasteiger partial charge in [-0.3, -0.25) is 15.3 Å². The van der Waals surface area contributed by atoms with E-state index in [0.717, 1.165) is 70.9 Å². The van der Waals surface area contributed by atoms with Crippen LogP contribution in [0.2, 0.25) is 0 Å². The number of aromatic nitrogens is 1. The smallest absolute Gasteiger partial charge is 0.317 e. The van der Waals surface area contributed by atoms with Crippen molar-refractivity contribution in [1.82, 2.24) is 20.6 Å². The molecule has 2 amide bonds. The number of nitrogens with zero attached hydrogens (tertiary/aromatic N) is 4. The molecule has 2 N–H and O–H groups in total. The molecule has 1 fully saturated rings. The van der Waals surface area contributed by atoms with Crippen LogP contribution in [0.15, 0.2) is 72.2 Å². The molecule has 0 aliphatic carbocycles. The summed E-state index contributed by atoms with van der Waals surface area (Å²) in [6.07, 6.45) is 3.59. The molecule has 7 heteroatoms. The number of benzene rings is 2. The van der Waals surface area contributed by atoms with E-state index >= 15 is 0 Å². The molecule has 5 rings (SSSR count). The van der Waals surface area contributed by atoms with Gasteiger partial charge in [0.25, 0.3) is 0 Å². The normalized spacial score (nSPS) is 17.8. The zero-order valence-electron chi connectivity index (χ0n) is 19.7. The molecule has 0 radical (unpaired) electrons. The quantitative estimate of drug-likeness (QED) is 0.578. The van der Waals surface area contributed by atoms with Crippen LogP contribution in [0.5, 0.6) is 0 Å². The lowest BCUT2D eigenvalue weighted by Crippen LogP contribution is -2.38. The number of carbonyl (C=O) groups excluding carboxylic acids is 1. The second kappa shape index (κ2) is 9.17. The van der Waals surface area contributed by atoms with Gasteiger partial charge in [-0.05, 0) is 67.1 Å². The summed E-state index contributed by atoms with van der Waals surface area (Å²) < 4.78 is 0. The van der Waals surface area contributed by atoms with Crippen molar-refractivity contribution in [2.75, 3.05) is 24.5 Å². The molecule has 2 aromatic carbocycles. The van der Waals surface area contributed by atoms with Crippen LogP contribution >= 0.6 is 0 Å². The summed E-state index contributed by atoms with van der Waals surface area (Å²) in [4.78, 5) is 20.7. The second-order valence-electron chi connectivity index (χ2n) is 8.97. The molecule has 2 aliphatic rings. The lowest BCUT2D eigenvalue weighted by atomic mass is 9.99. The molecule has 7 nitrogen and oxygen atoms in total. The van der Waals surface area contributed by atoms with E-state index in [9.17, 15) is 4.79 Å². The fourth-order valence-corrected chi connectivity index (χ4v) is 4.84. The van der Waals surface area contributed by atoms with Gasteiger partial charge in [0.05, 0.1) is 11.2 Å². The number of urea groups is 1. The lowest BCUT2D eigenvalue weighted by Gasteiger charge is -2.24. The van der Waals surface area contributed by atoms with Crippen LogP contribution in [0.4, 0.5) is 10.5 Å². The Bertz CT molecular complexity index is 1280. The van der Waals surface area contributed by atoms with E-state index < -0.39 is 0 Å². The Hall–Kier alpha value is -3.87. The average molecular weight is 455 g/mol. The number of likely N-dealkylation sites (tertiary alicyclic amines) is 1. The Balaban J connectivity index is 1.34. The van der Waals surface area contributed by atoms with Crippen LogP contribution in [0.3, 0.4) is 0 Å². The van der Waals surface area contributed by atoms with E-state index in [4.69, 9.17) is 0 Å². The van der Waals surface area contributed by atoms with Crippen molar-refractivity contribution in [1.29, 1.82) is 0 Å². The maximum atomic E-state index is 12.2. The summed E-state index contributed by atoms with van der Waals surface area (Å²) in [6.45, 7) is 10.4. The predicted molar refractivity (Wildman–Crippen MR) is 137 cm³/mol. The molecule has 0 saturated carbocycles. The molecule has 1 saturated heterocycles. The van der Waals surface area contributed by atoms with E-state index in [1.165, 1.54) is 0 Å². The third-order valence-electron chi connectivity index (χ3n) is 6.59. The number of amides is 2. The largest absolute Gasteiger partial charge is 0.338 e. The molecule has 0 bridgehead atoms. The summed E-state index contributed by atoms with van der Waals surface area (Å²) in [5.74, 6) is 2.07. The zero-order chi connectivity index (χ0) is 23.7. The van der Waals surface area contributed by atoms with Crippen LogP contribution in [-0.2, 0) is 0 Å². The minimum absolute atomic E-state index is 0.0214. The first-order chi connectivity index (χ1) is 16.5. The highest BCUT2D eigenvalue weighted by molar-refractivity contribution is 6.03. The Labute approximate surface area is 200 Å². The molecule has 3 heterocycles. The molecule has 34 heavy (non-hydrogen) atoms. The third-order valence-corrected chi connectivity index (χ3v) is 6.59. The van der Waals surface area contributed by atoms with Crippen molar-refractivity contribution in [2.24, 2.45) is 11.0 Å². The minimum atomic E-state index is 0.0214. The molecule has 0 spiro atoms. The topological polar surface area (TPSA) is 72.9 Å². The predicted octanol–water partition coefficient (Wildman–Crippen LogP) is 4.85. The van der Waals surface area contributed by atoms with Gasteiger partial charge in [0.2, 0.25) is 0 Å². The highest BCUT2D eigenvalue weighted by Gasteiger charge is 2.31. The summed E-state index contributed by atoms with van der Waals surface area (Å²) in [7, 11) is 0. The Morgan fingerprint density at radius 3 is 2.85 bits per heavy atom. The molecule has 174 valence electrons. The molecule has 1 aromatic heterocycles. The number of aryl methyl sites for hydroxylation is 1. The molecular weight excluding hydrogens is 424 g/mol. The van der Waals surface area contributed by atoms with Gasteiger partial charge in [-0.1, -0.05) is 30.8 Å². The summed E-state index contributed by atoms with van der Waals surface area (Å²) >= 11 is 0. The van der Waals surface area contributed by atoms with Gasteiger partial charge in [-0.15, -0.1) is 0 Å². The highest BCUT2D eigenvalue weighted by atomic mass is 16.2. The number of carbonyl (C=O) groups is 1. The van der Waals surface area contributed by atoms with Crippen molar-refractivity contribution in [3.05, 3.63) is 72.7 Å². The highest BCUT2D eigenvalue weighted by Crippen LogP contribution is 2.33. The maximum absolute atomic E-state index is 12.2. The average Bonchev–Trinajstić information content (AvgIpc) is 3.46. The number of fused-ring (bicyclic) bond motifs is 1. The van der Waals surface area contributed by atoms with Gasteiger partial charge < -0.3 is 10.2 Å². The van der Waals surface area contributed by atoms with E-state index in [1.54, 1.807) is 0 Å². The number of hydrazone groups is 1. The molecular formula is C27H30N6O. The van der Waals surface area contributed by atoms with Crippen LogP contribution in [0.25, 0.3) is 22.0 Å².